The number of halogens is 2. The molecule has 0 radical (unpaired) electrons. The topological polar surface area (TPSA) is 271 Å². The largest absolute Gasteiger partial charge is 0.399 e. The normalized spacial score (nSPS) is 13.7. The second kappa shape index (κ2) is 28.1. The summed E-state index contributed by atoms with van der Waals surface area (Å²) in [6.07, 6.45) is 16.1. The molecular formula is C60H59BrClN15O4. The number of hydrogen-bond acceptors (Lipinski definition) is 14. The molecule has 81 heavy (non-hydrogen) atoms. The third-order valence-corrected chi connectivity index (χ3v) is 13.9. The number of H-pyrrole nitrogens is 2. The molecule has 3 amide bonds. The Morgan fingerprint density at radius 2 is 1.15 bits per heavy atom. The third kappa shape index (κ3) is 15.5. The summed E-state index contributed by atoms with van der Waals surface area (Å²) in [5.74, 6) is 0.717. The van der Waals surface area contributed by atoms with Gasteiger partial charge in [-0.25, -0.2) is 19.9 Å². The summed E-state index contributed by atoms with van der Waals surface area (Å²) < 4.78 is 0. The highest BCUT2D eigenvalue weighted by atomic mass is 79.9. The molecule has 0 unspecified atom stereocenters. The van der Waals surface area contributed by atoms with E-state index >= 15 is 0 Å². The van der Waals surface area contributed by atoms with Crippen molar-refractivity contribution in [1.82, 2.24) is 44.6 Å². The highest BCUT2D eigenvalue weighted by Crippen LogP contribution is 2.32. The SMILES string of the molecule is CN(C)C/C=C/C(=O)Nc1ccc(C(=O)N2CCC(Nc3ncc(C#N)c(-c4c[nH]c5ccccc45)n3)CC2)cc1.N#Cc1cnc(NC2CCN(C(=O)c3ccc(N)cc3)CC2)nc1-c1c[nH]c2ccccc12.O=C(Cl)/C=C/CBr. The number of hydrogen-bond donors (Lipinski definition) is 6. The van der Waals surface area contributed by atoms with Gasteiger partial charge in [-0.1, -0.05) is 64.5 Å². The highest BCUT2D eigenvalue weighted by molar-refractivity contribution is 9.09. The summed E-state index contributed by atoms with van der Waals surface area (Å²) in [7, 11) is 3.87. The number of allylic oxidation sites excluding steroid dienone is 2. The lowest BCUT2D eigenvalue weighted by molar-refractivity contribution is -0.112. The number of carbonyl (C=O) groups is 4. The van der Waals surface area contributed by atoms with E-state index in [-0.39, 0.29) is 29.8 Å². The molecule has 7 N–H and O–H groups in total. The van der Waals surface area contributed by atoms with Crippen LogP contribution < -0.4 is 21.7 Å². The van der Waals surface area contributed by atoms with Crippen LogP contribution in [0.3, 0.4) is 0 Å². The van der Waals surface area contributed by atoms with Gasteiger partial charge in [0.1, 0.15) is 12.1 Å². The van der Waals surface area contributed by atoms with E-state index in [0.717, 1.165) is 58.6 Å². The highest BCUT2D eigenvalue weighted by Gasteiger charge is 2.27. The summed E-state index contributed by atoms with van der Waals surface area (Å²) in [4.78, 5) is 78.0. The standard InChI is InChI=1S/C31H32N8O2.C25H23N7O.C4H4BrClO/c1-38(2)15-5-8-28(40)35-23-11-9-21(10-12-23)30(41)39-16-13-24(14-17-39)36-31-34-19-22(18-32)29(37-31)26-20-33-27-7-4-3-6-25(26)27;26-13-17-14-29-25(31-23(17)21-15-28-22-4-2-1-3-20(21)22)30-19-9-11-32(12-10-19)24(33)16-5-7-18(27)8-6-16;5-3-1-2-4(6)7/h3-12,19-20,24,33H,13-17H2,1-2H3,(H,35,40)(H,34,36,37);1-8,14-15,19,28H,9-12,27H2,(H,29,30,31);1-2H,3H2/b8-5+;;2-1+. The molecule has 6 heterocycles. The zero-order chi connectivity index (χ0) is 57.3. The predicted molar refractivity (Wildman–Crippen MR) is 321 cm³/mol. The number of nitriles is 2. The van der Waals surface area contributed by atoms with Gasteiger partial charge in [-0.15, -0.1) is 0 Å². The maximum absolute atomic E-state index is 13.1. The van der Waals surface area contributed by atoms with Crippen LogP contribution in [-0.4, -0.2) is 132 Å². The van der Waals surface area contributed by atoms with Gasteiger partial charge >= 0.3 is 0 Å². The Hall–Kier alpha value is -9.21. The number of para-hydroxylation sites is 2. The number of fused-ring (bicyclic) bond motifs is 2. The van der Waals surface area contributed by atoms with Crippen molar-refractivity contribution in [2.24, 2.45) is 0 Å². The van der Waals surface area contributed by atoms with Crippen molar-refractivity contribution in [1.29, 1.82) is 10.5 Å². The fraction of sp³-hybridized carbons (Fsp3) is 0.233. The molecule has 0 aliphatic carbocycles. The van der Waals surface area contributed by atoms with E-state index < -0.39 is 5.24 Å². The van der Waals surface area contributed by atoms with E-state index in [9.17, 15) is 29.7 Å². The molecule has 2 aliphatic heterocycles. The van der Waals surface area contributed by atoms with Crippen LogP contribution in [0.5, 0.6) is 0 Å². The number of benzene rings is 4. The molecule has 0 atom stereocenters. The minimum Gasteiger partial charge on any atom is -0.399 e. The number of rotatable bonds is 14. The molecule has 0 spiro atoms. The fourth-order valence-corrected chi connectivity index (χ4v) is 9.49. The molecule has 2 fully saturated rings. The zero-order valence-electron chi connectivity index (χ0n) is 44.6. The van der Waals surface area contributed by atoms with Gasteiger partial charge in [-0.05, 0) is 118 Å². The lowest BCUT2D eigenvalue weighted by Crippen LogP contribution is -2.42. The smallest absolute Gasteiger partial charge is 0.253 e. The number of carbonyl (C=O) groups excluding carboxylic acids is 4. The van der Waals surface area contributed by atoms with Crippen molar-refractivity contribution in [2.75, 3.05) is 73.8 Å². The number of amides is 3. The van der Waals surface area contributed by atoms with Gasteiger partial charge < -0.3 is 46.4 Å². The van der Waals surface area contributed by atoms with E-state index in [1.807, 2.05) is 89.7 Å². The van der Waals surface area contributed by atoms with Crippen LogP contribution in [-0.2, 0) is 9.59 Å². The number of piperidine rings is 2. The van der Waals surface area contributed by atoms with Crippen molar-refractivity contribution in [3.63, 3.8) is 0 Å². The van der Waals surface area contributed by atoms with Crippen molar-refractivity contribution < 1.29 is 19.2 Å². The molecular weight excluding hydrogens is 1110 g/mol. The average molecular weight is 1170 g/mol. The molecule has 2 saturated heterocycles. The van der Waals surface area contributed by atoms with Crippen LogP contribution >= 0.6 is 27.5 Å². The maximum Gasteiger partial charge on any atom is 0.253 e. The second-order valence-corrected chi connectivity index (χ2v) is 20.3. The third-order valence-electron chi connectivity index (χ3n) is 13.4. The Kier molecular flexibility index (Phi) is 20.1. The molecule has 0 bridgehead atoms. The summed E-state index contributed by atoms with van der Waals surface area (Å²) in [6, 6.07) is 34.4. The molecule has 21 heteroatoms. The Bertz CT molecular complexity index is 3640. The maximum atomic E-state index is 13.1. The van der Waals surface area contributed by atoms with Gasteiger partial charge in [0.2, 0.25) is 23.0 Å². The van der Waals surface area contributed by atoms with E-state index in [1.54, 1.807) is 73.1 Å². The molecule has 2 aliphatic rings. The number of nitrogens with one attached hydrogen (secondary N) is 5. The molecule has 4 aromatic carbocycles. The molecule has 412 valence electrons. The van der Waals surface area contributed by atoms with Gasteiger partial charge in [-0.3, -0.25) is 19.2 Å². The Morgan fingerprint density at radius 1 is 0.691 bits per heavy atom. The average Bonchev–Trinajstić information content (AvgIpc) is 4.38. The fourth-order valence-electron chi connectivity index (χ4n) is 9.21. The van der Waals surface area contributed by atoms with Gasteiger partial charge in [0.15, 0.2) is 0 Å². The van der Waals surface area contributed by atoms with Crippen LogP contribution in [0, 0.1) is 22.7 Å². The number of nitrogens with two attached hydrogens (primary N) is 1. The Morgan fingerprint density at radius 3 is 1.57 bits per heavy atom. The van der Waals surface area contributed by atoms with Gasteiger partial charge in [0.05, 0.1) is 34.9 Å². The van der Waals surface area contributed by atoms with Gasteiger partial charge in [0, 0.05) is 124 Å². The molecule has 4 aromatic heterocycles. The first kappa shape index (κ1) is 58.0. The molecule has 10 rings (SSSR count). The lowest BCUT2D eigenvalue weighted by Gasteiger charge is -2.32. The first-order chi connectivity index (χ1) is 39.3. The van der Waals surface area contributed by atoms with Crippen molar-refractivity contribution in [3.8, 4) is 34.7 Å². The van der Waals surface area contributed by atoms with Crippen molar-refractivity contribution >= 4 is 95.6 Å². The minimum atomic E-state index is -0.431. The number of nitrogen functional groups attached to an aromatic ring is 1. The number of nitrogens with zero attached hydrogens (tertiary/aromatic N) is 9. The number of alkyl halides is 1. The Labute approximate surface area is 482 Å². The molecule has 19 nitrogen and oxygen atoms in total. The number of likely N-dealkylation sites (tertiary alicyclic amines) is 2. The number of aromatic amines is 2. The van der Waals surface area contributed by atoms with Crippen molar-refractivity contribution in [2.45, 2.75) is 37.8 Å². The first-order valence-electron chi connectivity index (χ1n) is 26.1. The number of likely N-dealkylation sites (N-methyl/N-ethyl adjacent to an activating group) is 1. The van der Waals surface area contributed by atoms with E-state index in [0.29, 0.717) is 95.0 Å². The first-order valence-corrected chi connectivity index (χ1v) is 27.6. The summed E-state index contributed by atoms with van der Waals surface area (Å²) in [5.41, 5.74) is 13.9. The van der Waals surface area contributed by atoms with Crippen LogP contribution in [0.15, 0.2) is 146 Å². The molecule has 8 aromatic rings. The van der Waals surface area contributed by atoms with E-state index in [1.165, 1.54) is 12.2 Å². The predicted octanol–water partition coefficient (Wildman–Crippen LogP) is 9.77. The quantitative estimate of drug-likeness (QED) is 0.0256. The van der Waals surface area contributed by atoms with E-state index in [2.05, 4.69) is 68.9 Å². The lowest BCUT2D eigenvalue weighted by atomic mass is 10.0. The monoisotopic (exact) mass is 1170 g/mol. The second-order valence-electron chi connectivity index (χ2n) is 19.3. The van der Waals surface area contributed by atoms with Gasteiger partial charge in [-0.2, -0.15) is 10.5 Å². The Balaban J connectivity index is 0.000000193. The van der Waals surface area contributed by atoms with Crippen LogP contribution in [0.25, 0.3) is 44.3 Å². The van der Waals surface area contributed by atoms with Gasteiger partial charge in [0.25, 0.3) is 11.8 Å². The summed E-state index contributed by atoms with van der Waals surface area (Å²) in [6.45, 7) is 3.16. The van der Waals surface area contributed by atoms with E-state index in [4.69, 9.17) is 22.3 Å². The van der Waals surface area contributed by atoms with Crippen LogP contribution in [0.2, 0.25) is 0 Å². The van der Waals surface area contributed by atoms with Crippen LogP contribution in [0.1, 0.15) is 57.5 Å². The van der Waals surface area contributed by atoms with Crippen LogP contribution in [0.4, 0.5) is 23.3 Å². The summed E-state index contributed by atoms with van der Waals surface area (Å²) >= 11 is 7.99. The number of aromatic nitrogens is 6. The minimum absolute atomic E-state index is 0.0182. The number of anilines is 4. The summed E-state index contributed by atoms with van der Waals surface area (Å²) in [5, 5.41) is 31.1. The van der Waals surface area contributed by atoms with Crippen molar-refractivity contribution in [3.05, 3.63) is 168 Å². The zero-order valence-corrected chi connectivity index (χ0v) is 46.9. The molecule has 0 saturated carbocycles.